The zero-order valence-corrected chi connectivity index (χ0v) is 13.4. The van der Waals surface area contributed by atoms with E-state index < -0.39 is 6.04 Å². The number of carbonyl (C=O) groups is 1. The van der Waals surface area contributed by atoms with Gasteiger partial charge in [-0.2, -0.15) is 4.80 Å². The van der Waals surface area contributed by atoms with Crippen molar-refractivity contribution in [1.82, 2.24) is 30.8 Å². The van der Waals surface area contributed by atoms with Crippen LogP contribution in [0.1, 0.15) is 26.3 Å². The smallest absolute Gasteiger partial charge is 0.246 e. The molecular weight excluding hydrogens is 292 g/mol. The molecule has 2 aromatic rings. The molecule has 122 valence electrons. The Morgan fingerprint density at radius 1 is 1.39 bits per heavy atom. The lowest BCUT2D eigenvalue weighted by atomic mass is 9.95. The highest BCUT2D eigenvalue weighted by Crippen LogP contribution is 2.15. The van der Waals surface area contributed by atoms with Crippen molar-refractivity contribution < 1.29 is 4.79 Å². The molecule has 0 aliphatic carbocycles. The van der Waals surface area contributed by atoms with E-state index in [-0.39, 0.29) is 11.9 Å². The van der Waals surface area contributed by atoms with E-state index >= 15 is 0 Å². The first kappa shape index (κ1) is 15.6. The summed E-state index contributed by atoms with van der Waals surface area (Å²) in [5.41, 5.74) is 0.887. The average molecular weight is 314 g/mol. The summed E-state index contributed by atoms with van der Waals surface area (Å²) in [6, 6.07) is 9.33. The lowest BCUT2D eigenvalue weighted by Gasteiger charge is -2.30. The van der Waals surface area contributed by atoms with Gasteiger partial charge in [-0.3, -0.25) is 4.79 Å². The van der Waals surface area contributed by atoms with Crippen molar-refractivity contribution in [2.24, 2.45) is 5.92 Å². The Balaban J connectivity index is 1.67. The number of carbonyl (C=O) groups excluding carboxylic acids is 1. The quantitative estimate of drug-likeness (QED) is 0.880. The average Bonchev–Trinajstić information content (AvgIpc) is 3.07. The van der Waals surface area contributed by atoms with Gasteiger partial charge >= 0.3 is 0 Å². The van der Waals surface area contributed by atoms with E-state index in [1.165, 1.54) is 4.80 Å². The molecule has 1 aliphatic heterocycles. The second-order valence-corrected chi connectivity index (χ2v) is 6.06. The Labute approximate surface area is 135 Å². The van der Waals surface area contributed by atoms with Crippen LogP contribution in [0.3, 0.4) is 0 Å². The highest BCUT2D eigenvalue weighted by molar-refractivity contribution is 5.80. The van der Waals surface area contributed by atoms with Crippen molar-refractivity contribution in [1.29, 1.82) is 0 Å². The molecule has 1 fully saturated rings. The zero-order valence-electron chi connectivity index (χ0n) is 13.4. The maximum Gasteiger partial charge on any atom is 0.246 e. The van der Waals surface area contributed by atoms with E-state index in [1.807, 2.05) is 30.3 Å². The van der Waals surface area contributed by atoms with Crippen molar-refractivity contribution in [3.63, 3.8) is 0 Å². The zero-order chi connectivity index (χ0) is 16.2. The van der Waals surface area contributed by atoms with E-state index in [4.69, 9.17) is 0 Å². The van der Waals surface area contributed by atoms with E-state index in [9.17, 15) is 4.79 Å². The van der Waals surface area contributed by atoms with Gasteiger partial charge in [-0.25, -0.2) is 0 Å². The fourth-order valence-corrected chi connectivity index (χ4v) is 2.73. The summed E-state index contributed by atoms with van der Waals surface area (Å²) < 4.78 is 0. The van der Waals surface area contributed by atoms with Crippen molar-refractivity contribution in [3.8, 4) is 11.4 Å². The summed E-state index contributed by atoms with van der Waals surface area (Å²) in [5, 5.41) is 18.8. The van der Waals surface area contributed by atoms with Gasteiger partial charge < -0.3 is 10.6 Å². The van der Waals surface area contributed by atoms with Gasteiger partial charge in [0.15, 0.2) is 0 Å². The van der Waals surface area contributed by atoms with Crippen LogP contribution in [0.2, 0.25) is 0 Å². The molecule has 1 aromatic heterocycles. The van der Waals surface area contributed by atoms with Crippen LogP contribution >= 0.6 is 0 Å². The van der Waals surface area contributed by atoms with Gasteiger partial charge in [-0.05, 0) is 37.6 Å². The Hall–Kier alpha value is -2.28. The summed E-state index contributed by atoms with van der Waals surface area (Å²) in [5.74, 6) is 0.879. The lowest BCUT2D eigenvalue weighted by Crippen LogP contribution is -2.49. The molecule has 0 spiro atoms. The minimum Gasteiger partial charge on any atom is -0.351 e. The van der Waals surface area contributed by atoms with Crippen molar-refractivity contribution in [2.45, 2.75) is 32.4 Å². The normalized spacial score (nSPS) is 22.5. The molecular formula is C16H22N6O. The van der Waals surface area contributed by atoms with Crippen molar-refractivity contribution >= 4 is 5.91 Å². The number of hydrogen-bond acceptors (Lipinski definition) is 5. The Kier molecular flexibility index (Phi) is 4.66. The van der Waals surface area contributed by atoms with Crippen LogP contribution in [0.4, 0.5) is 0 Å². The fourth-order valence-electron chi connectivity index (χ4n) is 2.73. The second-order valence-electron chi connectivity index (χ2n) is 6.06. The Bertz CT molecular complexity index is 656. The van der Waals surface area contributed by atoms with Gasteiger partial charge in [0.25, 0.3) is 0 Å². The summed E-state index contributed by atoms with van der Waals surface area (Å²) in [6.45, 7) is 5.79. The number of tetrazole rings is 1. The number of aromatic nitrogens is 4. The number of nitrogens with zero attached hydrogens (tertiary/aromatic N) is 4. The molecule has 0 bridgehead atoms. The molecule has 0 saturated carbocycles. The number of piperidine rings is 1. The molecule has 1 aliphatic rings. The number of rotatable bonds is 4. The number of nitrogens with one attached hydrogen (secondary N) is 2. The van der Waals surface area contributed by atoms with Crippen LogP contribution in [0, 0.1) is 5.92 Å². The predicted molar refractivity (Wildman–Crippen MR) is 86.5 cm³/mol. The third-order valence-corrected chi connectivity index (χ3v) is 4.30. The van der Waals surface area contributed by atoms with Gasteiger partial charge in [0, 0.05) is 11.6 Å². The molecule has 23 heavy (non-hydrogen) atoms. The summed E-state index contributed by atoms with van der Waals surface area (Å²) in [7, 11) is 0. The molecule has 7 nitrogen and oxygen atoms in total. The number of amides is 1. The molecule has 3 atom stereocenters. The molecule has 2 heterocycles. The largest absolute Gasteiger partial charge is 0.351 e. The van der Waals surface area contributed by atoms with Gasteiger partial charge in [0.2, 0.25) is 11.7 Å². The third-order valence-electron chi connectivity index (χ3n) is 4.30. The SMILES string of the molecule is CC1CNCCC1NC(=O)C(C)n1nnc(-c2ccccc2)n1. The van der Waals surface area contributed by atoms with Crippen molar-refractivity contribution in [3.05, 3.63) is 30.3 Å². The van der Waals surface area contributed by atoms with Crippen LogP contribution in [-0.2, 0) is 4.79 Å². The fraction of sp³-hybridized carbons (Fsp3) is 0.500. The van der Waals surface area contributed by atoms with Crippen LogP contribution in [0.25, 0.3) is 11.4 Å². The first-order chi connectivity index (χ1) is 11.1. The Morgan fingerprint density at radius 2 is 2.17 bits per heavy atom. The second kappa shape index (κ2) is 6.87. The van der Waals surface area contributed by atoms with E-state index in [1.54, 1.807) is 6.92 Å². The highest BCUT2D eigenvalue weighted by atomic mass is 16.2. The molecule has 1 saturated heterocycles. The van der Waals surface area contributed by atoms with E-state index in [2.05, 4.69) is 33.0 Å². The van der Waals surface area contributed by atoms with E-state index in [0.29, 0.717) is 11.7 Å². The van der Waals surface area contributed by atoms with Crippen LogP contribution in [0.15, 0.2) is 30.3 Å². The standard InChI is InChI=1S/C16H22N6O/c1-11-10-17-9-8-14(11)18-16(23)12(2)22-20-15(19-21-22)13-6-4-3-5-7-13/h3-7,11-12,14,17H,8-10H2,1-2H3,(H,18,23). The first-order valence-corrected chi connectivity index (χ1v) is 8.01. The summed E-state index contributed by atoms with van der Waals surface area (Å²) in [6.07, 6.45) is 0.944. The van der Waals surface area contributed by atoms with Crippen LogP contribution in [0.5, 0.6) is 0 Å². The molecule has 0 radical (unpaired) electrons. The van der Waals surface area contributed by atoms with Gasteiger partial charge in [0.1, 0.15) is 6.04 Å². The lowest BCUT2D eigenvalue weighted by molar-refractivity contribution is -0.125. The minimum absolute atomic E-state index is 0.0687. The number of hydrogen-bond donors (Lipinski definition) is 2. The number of benzene rings is 1. The maximum atomic E-state index is 12.4. The van der Waals surface area contributed by atoms with Gasteiger partial charge in [-0.1, -0.05) is 37.3 Å². The predicted octanol–water partition coefficient (Wildman–Crippen LogP) is 1.02. The summed E-state index contributed by atoms with van der Waals surface area (Å²) in [4.78, 5) is 13.8. The van der Waals surface area contributed by atoms with Gasteiger partial charge in [0.05, 0.1) is 0 Å². The third kappa shape index (κ3) is 3.56. The summed E-state index contributed by atoms with van der Waals surface area (Å²) >= 11 is 0. The van der Waals surface area contributed by atoms with Crippen LogP contribution in [-0.4, -0.2) is 45.2 Å². The van der Waals surface area contributed by atoms with Gasteiger partial charge in [-0.15, -0.1) is 10.2 Å². The molecule has 1 aromatic carbocycles. The first-order valence-electron chi connectivity index (χ1n) is 8.01. The topological polar surface area (TPSA) is 84.7 Å². The molecule has 3 rings (SSSR count). The minimum atomic E-state index is -0.484. The Morgan fingerprint density at radius 3 is 2.91 bits per heavy atom. The molecule has 3 unspecified atom stereocenters. The van der Waals surface area contributed by atoms with E-state index in [0.717, 1.165) is 25.1 Å². The van der Waals surface area contributed by atoms with Crippen LogP contribution < -0.4 is 10.6 Å². The molecule has 7 heteroatoms. The monoisotopic (exact) mass is 314 g/mol. The highest BCUT2D eigenvalue weighted by Gasteiger charge is 2.26. The molecule has 2 N–H and O–H groups in total. The maximum absolute atomic E-state index is 12.4. The van der Waals surface area contributed by atoms with Crippen molar-refractivity contribution in [2.75, 3.05) is 13.1 Å². The molecule has 1 amide bonds.